The summed E-state index contributed by atoms with van der Waals surface area (Å²) in [7, 11) is 3.08. The quantitative estimate of drug-likeness (QED) is 0.483. The van der Waals surface area contributed by atoms with Gasteiger partial charge in [-0.05, 0) is 34.1 Å². The van der Waals surface area contributed by atoms with Crippen molar-refractivity contribution in [3.63, 3.8) is 0 Å². The SMILES string of the molecule is COc1ccc(F)c(Cn2ncc3c4sc(Br)cc4n(C)c3c2=O)c1F. The number of fused-ring (bicyclic) bond motifs is 3. The van der Waals surface area contributed by atoms with Gasteiger partial charge in [-0.1, -0.05) is 0 Å². The van der Waals surface area contributed by atoms with Gasteiger partial charge in [-0.3, -0.25) is 4.79 Å². The molecule has 3 aromatic heterocycles. The number of methoxy groups -OCH3 is 1. The molecule has 0 spiro atoms. The van der Waals surface area contributed by atoms with E-state index in [1.807, 2.05) is 6.07 Å². The normalized spacial score (nSPS) is 11.6. The zero-order chi connectivity index (χ0) is 18.6. The molecule has 9 heteroatoms. The van der Waals surface area contributed by atoms with Crippen LogP contribution in [0.15, 0.2) is 33.0 Å². The fourth-order valence-corrected chi connectivity index (χ4v) is 4.65. The van der Waals surface area contributed by atoms with Crippen LogP contribution < -0.4 is 10.3 Å². The Hall–Kier alpha value is -2.26. The van der Waals surface area contributed by atoms with Crippen LogP contribution in [0.2, 0.25) is 0 Å². The van der Waals surface area contributed by atoms with E-state index in [0.717, 1.165) is 24.8 Å². The van der Waals surface area contributed by atoms with Crippen molar-refractivity contribution < 1.29 is 13.5 Å². The summed E-state index contributed by atoms with van der Waals surface area (Å²) in [6.07, 6.45) is 1.55. The van der Waals surface area contributed by atoms with E-state index in [1.165, 1.54) is 24.5 Å². The third-order valence-corrected chi connectivity index (χ3v) is 5.98. The lowest BCUT2D eigenvalue weighted by Gasteiger charge is -2.10. The third kappa shape index (κ3) is 2.45. The van der Waals surface area contributed by atoms with Crippen LogP contribution in [0.25, 0.3) is 21.1 Å². The van der Waals surface area contributed by atoms with E-state index >= 15 is 0 Å². The van der Waals surface area contributed by atoms with Gasteiger partial charge in [-0.2, -0.15) is 5.10 Å². The summed E-state index contributed by atoms with van der Waals surface area (Å²) >= 11 is 4.94. The zero-order valence-electron chi connectivity index (χ0n) is 13.7. The van der Waals surface area contributed by atoms with Gasteiger partial charge in [-0.15, -0.1) is 11.3 Å². The molecule has 0 aliphatic carbocycles. The highest BCUT2D eigenvalue weighted by Crippen LogP contribution is 2.35. The van der Waals surface area contributed by atoms with Crippen LogP contribution in [0.5, 0.6) is 5.75 Å². The third-order valence-electron chi connectivity index (χ3n) is 4.32. The summed E-state index contributed by atoms with van der Waals surface area (Å²) in [5.41, 5.74) is 0.660. The fraction of sp³-hybridized carbons (Fsp3) is 0.176. The van der Waals surface area contributed by atoms with Gasteiger partial charge in [-0.25, -0.2) is 13.5 Å². The van der Waals surface area contributed by atoms with Crippen LogP contribution in [0, 0.1) is 11.6 Å². The van der Waals surface area contributed by atoms with Gasteiger partial charge in [0, 0.05) is 18.0 Å². The molecule has 0 radical (unpaired) electrons. The van der Waals surface area contributed by atoms with Gasteiger partial charge in [0.15, 0.2) is 11.6 Å². The standard InChI is InChI=1S/C17H12BrF2N3O2S/c1-22-11-5-13(18)26-16(11)8-6-21-23(17(24)15(8)22)7-9-10(19)3-4-12(25-2)14(9)20/h3-6H,7H2,1-2H3. The molecule has 4 rings (SSSR count). The maximum Gasteiger partial charge on any atom is 0.291 e. The Morgan fingerprint density at radius 2 is 2.12 bits per heavy atom. The minimum Gasteiger partial charge on any atom is -0.494 e. The summed E-state index contributed by atoms with van der Waals surface area (Å²) in [4.78, 5) is 12.9. The molecule has 4 aromatic rings. The predicted molar refractivity (Wildman–Crippen MR) is 100 cm³/mol. The molecular formula is C17H12BrF2N3O2S. The first-order valence-electron chi connectivity index (χ1n) is 7.56. The molecule has 0 fully saturated rings. The number of halogens is 3. The van der Waals surface area contributed by atoms with Crippen molar-refractivity contribution in [3.05, 3.63) is 55.7 Å². The number of nitrogens with zero attached hydrogens (tertiary/aromatic N) is 3. The first-order valence-corrected chi connectivity index (χ1v) is 9.17. The molecule has 26 heavy (non-hydrogen) atoms. The number of thiophene rings is 1. The van der Waals surface area contributed by atoms with E-state index in [-0.39, 0.29) is 17.9 Å². The maximum atomic E-state index is 14.4. The summed E-state index contributed by atoms with van der Waals surface area (Å²) in [6.45, 7) is -0.327. The Labute approximate surface area is 158 Å². The average molecular weight is 440 g/mol. The Bertz CT molecular complexity index is 1230. The molecule has 5 nitrogen and oxygen atoms in total. The van der Waals surface area contributed by atoms with E-state index in [1.54, 1.807) is 17.8 Å². The predicted octanol–water partition coefficient (Wildman–Crippen LogP) is 4.05. The van der Waals surface area contributed by atoms with E-state index in [9.17, 15) is 13.6 Å². The second-order valence-corrected chi connectivity index (χ2v) is 8.17. The van der Waals surface area contributed by atoms with E-state index < -0.39 is 17.2 Å². The lowest BCUT2D eigenvalue weighted by molar-refractivity contribution is 0.378. The first-order chi connectivity index (χ1) is 12.4. The van der Waals surface area contributed by atoms with Crippen molar-refractivity contribution in [3.8, 4) is 5.75 Å². The van der Waals surface area contributed by atoms with Gasteiger partial charge >= 0.3 is 0 Å². The second-order valence-electron chi connectivity index (χ2n) is 5.74. The van der Waals surface area contributed by atoms with Crippen LogP contribution >= 0.6 is 27.3 Å². The molecule has 0 bridgehead atoms. The number of rotatable bonds is 3. The van der Waals surface area contributed by atoms with Crippen LogP contribution in [0.3, 0.4) is 0 Å². The van der Waals surface area contributed by atoms with Crippen molar-refractivity contribution in [1.29, 1.82) is 0 Å². The summed E-state index contributed by atoms with van der Waals surface area (Å²) in [6, 6.07) is 4.23. The number of aryl methyl sites for hydroxylation is 1. The number of ether oxygens (including phenoxy) is 1. The van der Waals surface area contributed by atoms with E-state index in [4.69, 9.17) is 4.74 Å². The molecule has 0 N–H and O–H groups in total. The Morgan fingerprint density at radius 3 is 2.85 bits per heavy atom. The van der Waals surface area contributed by atoms with Crippen molar-refractivity contribution in [2.45, 2.75) is 6.54 Å². The molecule has 0 saturated heterocycles. The smallest absolute Gasteiger partial charge is 0.291 e. The first kappa shape index (κ1) is 17.2. The second kappa shape index (κ2) is 6.17. The van der Waals surface area contributed by atoms with Crippen molar-refractivity contribution >= 4 is 48.4 Å². The van der Waals surface area contributed by atoms with Crippen LogP contribution in [0.1, 0.15) is 5.56 Å². The molecular weight excluding hydrogens is 428 g/mol. The Kier molecular flexibility index (Phi) is 4.07. The van der Waals surface area contributed by atoms with Crippen molar-refractivity contribution in [2.75, 3.05) is 7.11 Å². The Balaban J connectivity index is 1.90. The van der Waals surface area contributed by atoms with Crippen LogP contribution in [-0.4, -0.2) is 21.5 Å². The van der Waals surface area contributed by atoms with E-state index in [0.29, 0.717) is 10.9 Å². The highest BCUT2D eigenvalue weighted by atomic mass is 79.9. The molecule has 1 aromatic carbocycles. The highest BCUT2D eigenvalue weighted by molar-refractivity contribution is 9.11. The van der Waals surface area contributed by atoms with Gasteiger partial charge in [0.05, 0.1) is 33.9 Å². The fourth-order valence-electron chi connectivity index (χ4n) is 3.02. The maximum absolute atomic E-state index is 14.4. The van der Waals surface area contributed by atoms with Gasteiger partial charge in [0.2, 0.25) is 0 Å². The topological polar surface area (TPSA) is 49.0 Å². The van der Waals surface area contributed by atoms with Crippen molar-refractivity contribution in [1.82, 2.24) is 14.3 Å². The summed E-state index contributed by atoms with van der Waals surface area (Å²) in [5.74, 6) is -1.67. The molecule has 0 aliphatic rings. The van der Waals surface area contributed by atoms with E-state index in [2.05, 4.69) is 21.0 Å². The summed E-state index contributed by atoms with van der Waals surface area (Å²) in [5, 5.41) is 4.83. The van der Waals surface area contributed by atoms with Gasteiger partial charge < -0.3 is 9.30 Å². The molecule has 0 atom stereocenters. The molecule has 134 valence electrons. The lowest BCUT2D eigenvalue weighted by atomic mass is 10.2. The lowest BCUT2D eigenvalue weighted by Crippen LogP contribution is -2.25. The molecule has 3 heterocycles. The van der Waals surface area contributed by atoms with Crippen molar-refractivity contribution in [2.24, 2.45) is 7.05 Å². The molecule has 0 unspecified atom stereocenters. The van der Waals surface area contributed by atoms with Gasteiger partial charge in [0.1, 0.15) is 11.3 Å². The summed E-state index contributed by atoms with van der Waals surface area (Å²) < 4.78 is 38.1. The Morgan fingerprint density at radius 1 is 1.35 bits per heavy atom. The molecule has 0 saturated carbocycles. The average Bonchev–Trinajstić information content (AvgIpc) is 3.11. The number of benzene rings is 1. The van der Waals surface area contributed by atoms with Crippen LogP contribution in [0.4, 0.5) is 8.78 Å². The minimum atomic E-state index is -0.835. The monoisotopic (exact) mass is 439 g/mol. The molecule has 0 amide bonds. The minimum absolute atomic E-state index is 0.0836. The number of hydrogen-bond acceptors (Lipinski definition) is 4. The highest BCUT2D eigenvalue weighted by Gasteiger charge is 2.19. The van der Waals surface area contributed by atoms with Gasteiger partial charge in [0.25, 0.3) is 5.56 Å². The molecule has 0 aliphatic heterocycles. The largest absolute Gasteiger partial charge is 0.494 e. The van der Waals surface area contributed by atoms with Crippen LogP contribution in [-0.2, 0) is 13.6 Å². The number of aromatic nitrogens is 3. The number of hydrogen-bond donors (Lipinski definition) is 0. The zero-order valence-corrected chi connectivity index (χ0v) is 16.1.